The van der Waals surface area contributed by atoms with E-state index < -0.39 is 0 Å². The Balaban J connectivity index is 1.67. The monoisotopic (exact) mass is 319 g/mol. The molecule has 1 aliphatic carbocycles. The molecule has 2 N–H and O–H groups in total. The lowest BCUT2D eigenvalue weighted by molar-refractivity contribution is 0.247. The molecule has 2 amide bonds. The van der Waals surface area contributed by atoms with Gasteiger partial charge in [0, 0.05) is 24.2 Å². The molecular weight excluding hydrogens is 298 g/mol. The van der Waals surface area contributed by atoms with Gasteiger partial charge in [-0.3, -0.25) is 10.00 Å². The van der Waals surface area contributed by atoms with E-state index in [0.717, 1.165) is 30.0 Å². The summed E-state index contributed by atoms with van der Waals surface area (Å²) in [4.78, 5) is 17.9. The molecule has 3 rings (SSSR count). The SMILES string of the molecule is CCc1cc(NC(=O)N[C@H](c2ncc(C)s2)C2CC2)n(C)n1. The highest BCUT2D eigenvalue weighted by atomic mass is 32.1. The molecule has 0 spiro atoms. The standard InChI is InChI=1S/C15H21N5OS/c1-4-11-7-12(20(3)19-11)17-15(21)18-13(10-5-6-10)14-16-8-9(2)22-14/h7-8,10,13H,4-6H2,1-3H3,(H2,17,18,21)/t13-/m0/s1. The van der Waals surface area contributed by atoms with Gasteiger partial charge in [0.25, 0.3) is 0 Å². The highest BCUT2D eigenvalue weighted by Crippen LogP contribution is 2.42. The van der Waals surface area contributed by atoms with Crippen LogP contribution in [-0.2, 0) is 13.5 Å². The van der Waals surface area contributed by atoms with Crippen LogP contribution >= 0.6 is 11.3 Å². The van der Waals surface area contributed by atoms with Crippen LogP contribution in [0.25, 0.3) is 0 Å². The predicted octanol–water partition coefficient (Wildman–Crippen LogP) is 3.02. The molecule has 2 heterocycles. The Morgan fingerprint density at radius 2 is 2.32 bits per heavy atom. The van der Waals surface area contributed by atoms with Crippen molar-refractivity contribution in [2.75, 3.05) is 5.32 Å². The number of aryl methyl sites for hydroxylation is 3. The molecule has 0 aromatic carbocycles. The van der Waals surface area contributed by atoms with E-state index in [1.54, 1.807) is 16.0 Å². The van der Waals surface area contributed by atoms with E-state index in [1.165, 1.54) is 4.88 Å². The summed E-state index contributed by atoms with van der Waals surface area (Å²) in [5.41, 5.74) is 0.965. The van der Waals surface area contributed by atoms with Crippen molar-refractivity contribution in [2.24, 2.45) is 13.0 Å². The van der Waals surface area contributed by atoms with Gasteiger partial charge in [0.1, 0.15) is 10.8 Å². The van der Waals surface area contributed by atoms with Gasteiger partial charge >= 0.3 is 6.03 Å². The van der Waals surface area contributed by atoms with Crippen LogP contribution < -0.4 is 10.6 Å². The van der Waals surface area contributed by atoms with Gasteiger partial charge in [0.15, 0.2) is 0 Å². The number of nitrogens with zero attached hydrogens (tertiary/aromatic N) is 3. The molecule has 2 aromatic heterocycles. The lowest BCUT2D eigenvalue weighted by Gasteiger charge is -2.16. The molecule has 0 aliphatic heterocycles. The van der Waals surface area contributed by atoms with E-state index >= 15 is 0 Å². The van der Waals surface area contributed by atoms with Gasteiger partial charge in [-0.05, 0) is 32.1 Å². The summed E-state index contributed by atoms with van der Waals surface area (Å²) in [6.07, 6.45) is 5.01. The quantitative estimate of drug-likeness (QED) is 0.890. The van der Waals surface area contributed by atoms with Crippen molar-refractivity contribution in [1.82, 2.24) is 20.1 Å². The number of carbonyl (C=O) groups excluding carboxylic acids is 1. The topological polar surface area (TPSA) is 71.8 Å². The maximum atomic E-state index is 12.3. The molecule has 1 atom stereocenters. The first-order valence-electron chi connectivity index (χ1n) is 7.59. The fraction of sp³-hybridized carbons (Fsp3) is 0.533. The Kier molecular flexibility index (Phi) is 4.15. The fourth-order valence-corrected chi connectivity index (χ4v) is 3.36. The molecule has 0 bridgehead atoms. The van der Waals surface area contributed by atoms with Crippen molar-refractivity contribution in [3.63, 3.8) is 0 Å². The summed E-state index contributed by atoms with van der Waals surface area (Å²) in [6, 6.07) is 1.71. The summed E-state index contributed by atoms with van der Waals surface area (Å²) < 4.78 is 1.69. The van der Waals surface area contributed by atoms with Crippen molar-refractivity contribution in [3.05, 3.63) is 27.8 Å². The van der Waals surface area contributed by atoms with Crippen LogP contribution in [-0.4, -0.2) is 20.8 Å². The molecule has 7 heteroatoms. The highest BCUT2D eigenvalue weighted by Gasteiger charge is 2.35. The fourth-order valence-electron chi connectivity index (χ4n) is 2.44. The van der Waals surface area contributed by atoms with Gasteiger partial charge < -0.3 is 5.32 Å². The first-order chi connectivity index (χ1) is 10.6. The average Bonchev–Trinajstić information content (AvgIpc) is 3.15. The second-order valence-corrected chi connectivity index (χ2v) is 6.99. The first-order valence-corrected chi connectivity index (χ1v) is 8.41. The van der Waals surface area contributed by atoms with Crippen LogP contribution in [0.3, 0.4) is 0 Å². The Hall–Kier alpha value is -1.89. The third-order valence-corrected chi connectivity index (χ3v) is 4.82. The zero-order valence-corrected chi connectivity index (χ0v) is 13.9. The van der Waals surface area contributed by atoms with Crippen molar-refractivity contribution >= 4 is 23.2 Å². The van der Waals surface area contributed by atoms with Crippen LogP contribution in [0.5, 0.6) is 0 Å². The van der Waals surface area contributed by atoms with Crippen LogP contribution in [0.2, 0.25) is 0 Å². The number of nitrogens with one attached hydrogen (secondary N) is 2. The molecule has 0 saturated heterocycles. The van der Waals surface area contributed by atoms with Crippen molar-refractivity contribution in [2.45, 2.75) is 39.2 Å². The molecule has 1 saturated carbocycles. The smallest absolute Gasteiger partial charge is 0.320 e. The molecule has 0 unspecified atom stereocenters. The van der Waals surface area contributed by atoms with Gasteiger partial charge in [-0.2, -0.15) is 5.10 Å². The van der Waals surface area contributed by atoms with E-state index in [1.807, 2.05) is 33.2 Å². The largest absolute Gasteiger partial charge is 0.328 e. The Bertz CT molecular complexity index is 673. The number of urea groups is 1. The van der Waals surface area contributed by atoms with Crippen molar-refractivity contribution in [1.29, 1.82) is 0 Å². The van der Waals surface area contributed by atoms with E-state index in [0.29, 0.717) is 11.7 Å². The van der Waals surface area contributed by atoms with Gasteiger partial charge in [0.2, 0.25) is 0 Å². The number of anilines is 1. The Morgan fingerprint density at radius 3 is 2.86 bits per heavy atom. The minimum Gasteiger partial charge on any atom is -0.328 e. The van der Waals surface area contributed by atoms with Crippen molar-refractivity contribution < 1.29 is 4.79 Å². The number of carbonyl (C=O) groups is 1. The molecule has 1 fully saturated rings. The zero-order valence-electron chi connectivity index (χ0n) is 13.1. The normalized spacial score (nSPS) is 15.6. The predicted molar refractivity (Wildman–Crippen MR) is 87.1 cm³/mol. The molecule has 6 nitrogen and oxygen atoms in total. The number of hydrogen-bond acceptors (Lipinski definition) is 4. The van der Waals surface area contributed by atoms with Crippen LogP contribution in [0, 0.1) is 12.8 Å². The summed E-state index contributed by atoms with van der Waals surface area (Å²) in [6.45, 7) is 4.08. The maximum absolute atomic E-state index is 12.3. The van der Waals surface area contributed by atoms with E-state index in [-0.39, 0.29) is 12.1 Å². The molecule has 0 radical (unpaired) electrons. The lowest BCUT2D eigenvalue weighted by atomic mass is 10.2. The first kappa shape index (κ1) is 15.0. The molecular formula is C15H21N5OS. The van der Waals surface area contributed by atoms with Gasteiger partial charge in [0.05, 0.1) is 11.7 Å². The van der Waals surface area contributed by atoms with E-state index in [9.17, 15) is 4.79 Å². The van der Waals surface area contributed by atoms with E-state index in [4.69, 9.17) is 0 Å². The lowest BCUT2D eigenvalue weighted by Crippen LogP contribution is -2.34. The summed E-state index contributed by atoms with van der Waals surface area (Å²) in [5.74, 6) is 1.22. The highest BCUT2D eigenvalue weighted by molar-refractivity contribution is 7.11. The third kappa shape index (κ3) is 3.30. The average molecular weight is 319 g/mol. The molecule has 2 aromatic rings. The maximum Gasteiger partial charge on any atom is 0.320 e. The Labute approximate surface area is 133 Å². The number of amides is 2. The number of aromatic nitrogens is 3. The van der Waals surface area contributed by atoms with Crippen molar-refractivity contribution in [3.8, 4) is 0 Å². The second kappa shape index (κ2) is 6.08. The minimum absolute atomic E-state index is 0.0116. The molecule has 118 valence electrons. The summed E-state index contributed by atoms with van der Waals surface area (Å²) >= 11 is 1.65. The van der Waals surface area contributed by atoms with Crippen LogP contribution in [0.4, 0.5) is 10.6 Å². The number of thiazole rings is 1. The summed E-state index contributed by atoms with van der Waals surface area (Å²) in [5, 5.41) is 11.3. The number of rotatable bonds is 5. The van der Waals surface area contributed by atoms with Gasteiger partial charge in [-0.1, -0.05) is 6.92 Å². The van der Waals surface area contributed by atoms with Crippen LogP contribution in [0.1, 0.15) is 41.4 Å². The van der Waals surface area contributed by atoms with Gasteiger partial charge in [-0.25, -0.2) is 9.78 Å². The second-order valence-electron chi connectivity index (χ2n) is 5.72. The van der Waals surface area contributed by atoms with Crippen LogP contribution in [0.15, 0.2) is 12.3 Å². The minimum atomic E-state index is -0.199. The number of hydrogen-bond donors (Lipinski definition) is 2. The van der Waals surface area contributed by atoms with E-state index in [2.05, 4.69) is 20.7 Å². The Morgan fingerprint density at radius 1 is 1.55 bits per heavy atom. The third-order valence-electron chi connectivity index (χ3n) is 3.82. The molecule has 22 heavy (non-hydrogen) atoms. The summed E-state index contributed by atoms with van der Waals surface area (Å²) in [7, 11) is 1.83. The zero-order chi connectivity index (χ0) is 15.7. The molecule has 1 aliphatic rings. The van der Waals surface area contributed by atoms with Gasteiger partial charge in [-0.15, -0.1) is 11.3 Å².